The van der Waals surface area contributed by atoms with E-state index in [1.54, 1.807) is 18.2 Å². The average molecular weight is 543 g/mol. The zero-order valence-corrected chi connectivity index (χ0v) is 18.0. The van der Waals surface area contributed by atoms with Crippen molar-refractivity contribution in [2.24, 2.45) is 5.41 Å². The van der Waals surface area contributed by atoms with Gasteiger partial charge in [-0.1, -0.05) is 23.2 Å². The summed E-state index contributed by atoms with van der Waals surface area (Å²) in [6.07, 6.45) is 1.57. The number of rotatable bonds is 7. The van der Waals surface area contributed by atoms with Crippen molar-refractivity contribution < 1.29 is 23.5 Å². The van der Waals surface area contributed by atoms with Crippen LogP contribution in [-0.4, -0.2) is 24.2 Å². The fourth-order valence-electron chi connectivity index (χ4n) is 2.46. The predicted octanol–water partition coefficient (Wildman–Crippen LogP) is 5.05. The third-order valence-electron chi connectivity index (χ3n) is 4.43. The standard InChI is InChI=1S/C18H15Cl2F2IN2O3/c19-11-5-9(23)1-2-13(11)24-16-10(6-12(20)14(21)15(16)22)17(27)25-28-8-18(7-26)3-4-18/h1-2,5-6,24,26H,3-4,7-8H2,(H,25,27). The van der Waals surface area contributed by atoms with Gasteiger partial charge < -0.3 is 10.4 Å². The maximum absolute atomic E-state index is 14.5. The Morgan fingerprint density at radius 3 is 2.54 bits per heavy atom. The number of hydroxylamine groups is 1. The second kappa shape index (κ2) is 8.66. The van der Waals surface area contributed by atoms with Crippen LogP contribution in [0.25, 0.3) is 0 Å². The Labute approximate surface area is 183 Å². The van der Waals surface area contributed by atoms with Crippen molar-refractivity contribution in [1.82, 2.24) is 5.48 Å². The zero-order chi connectivity index (χ0) is 20.5. The van der Waals surface area contributed by atoms with Gasteiger partial charge in [0, 0.05) is 8.99 Å². The van der Waals surface area contributed by atoms with E-state index >= 15 is 0 Å². The number of hydrogen-bond acceptors (Lipinski definition) is 4. The van der Waals surface area contributed by atoms with Crippen LogP contribution in [0.3, 0.4) is 0 Å². The molecule has 150 valence electrons. The molecule has 10 heteroatoms. The van der Waals surface area contributed by atoms with E-state index in [1.807, 2.05) is 0 Å². The minimum Gasteiger partial charge on any atom is -0.396 e. The number of aliphatic hydroxyl groups is 1. The molecule has 1 fully saturated rings. The van der Waals surface area contributed by atoms with Gasteiger partial charge in [0.15, 0.2) is 11.6 Å². The second-order valence-electron chi connectivity index (χ2n) is 6.54. The summed E-state index contributed by atoms with van der Waals surface area (Å²) in [6, 6.07) is 5.92. The third-order valence-corrected chi connectivity index (χ3v) is 5.69. The van der Waals surface area contributed by atoms with Crippen LogP contribution in [0.4, 0.5) is 20.2 Å². The van der Waals surface area contributed by atoms with Crippen LogP contribution in [0, 0.1) is 20.6 Å². The summed E-state index contributed by atoms with van der Waals surface area (Å²) >= 11 is 13.9. The smallest absolute Gasteiger partial charge is 0.277 e. The van der Waals surface area contributed by atoms with E-state index in [0.717, 1.165) is 22.5 Å². The van der Waals surface area contributed by atoms with Gasteiger partial charge >= 0.3 is 0 Å². The Kier molecular flexibility index (Phi) is 6.65. The average Bonchev–Trinajstić information content (AvgIpc) is 3.44. The monoisotopic (exact) mass is 542 g/mol. The zero-order valence-electron chi connectivity index (χ0n) is 14.3. The Balaban J connectivity index is 1.86. The summed E-state index contributed by atoms with van der Waals surface area (Å²) in [7, 11) is 0. The van der Waals surface area contributed by atoms with Gasteiger partial charge in [0.25, 0.3) is 5.91 Å². The highest BCUT2D eigenvalue weighted by atomic mass is 127. The molecule has 0 radical (unpaired) electrons. The molecule has 2 aromatic rings. The van der Waals surface area contributed by atoms with Crippen molar-refractivity contribution in [3.8, 4) is 0 Å². The molecule has 3 N–H and O–H groups in total. The Hall–Kier alpha value is -1.20. The number of halogens is 5. The fourth-order valence-corrected chi connectivity index (χ4v) is 3.55. The Morgan fingerprint density at radius 2 is 1.93 bits per heavy atom. The molecule has 1 amide bonds. The molecular weight excluding hydrogens is 528 g/mol. The number of aliphatic hydroxyl groups excluding tert-OH is 1. The van der Waals surface area contributed by atoms with Gasteiger partial charge in [-0.2, -0.15) is 0 Å². The van der Waals surface area contributed by atoms with Crippen molar-refractivity contribution in [2.45, 2.75) is 12.8 Å². The summed E-state index contributed by atoms with van der Waals surface area (Å²) in [5, 5.41) is 11.6. The van der Waals surface area contributed by atoms with Crippen LogP contribution >= 0.6 is 45.8 Å². The minimum atomic E-state index is -1.32. The summed E-state index contributed by atoms with van der Waals surface area (Å²) < 4.78 is 29.4. The van der Waals surface area contributed by atoms with Gasteiger partial charge in [0.1, 0.15) is 0 Å². The topological polar surface area (TPSA) is 70.6 Å². The van der Waals surface area contributed by atoms with Crippen molar-refractivity contribution in [3.05, 3.63) is 55.1 Å². The van der Waals surface area contributed by atoms with Gasteiger partial charge in [-0.25, -0.2) is 14.3 Å². The summed E-state index contributed by atoms with van der Waals surface area (Å²) in [5.74, 6) is -3.43. The summed E-state index contributed by atoms with van der Waals surface area (Å²) in [5.41, 5.74) is 1.44. The number of carbonyl (C=O) groups excluding carboxylic acids is 1. The quantitative estimate of drug-likeness (QED) is 0.260. The first-order valence-corrected chi connectivity index (χ1v) is 10.0. The molecule has 0 aromatic heterocycles. The molecule has 0 heterocycles. The molecule has 0 saturated heterocycles. The highest BCUT2D eigenvalue weighted by Crippen LogP contribution is 2.45. The van der Waals surface area contributed by atoms with Crippen LogP contribution < -0.4 is 10.8 Å². The molecule has 2 aromatic carbocycles. The van der Waals surface area contributed by atoms with Crippen molar-refractivity contribution >= 4 is 63.1 Å². The predicted molar refractivity (Wildman–Crippen MR) is 111 cm³/mol. The normalized spacial score (nSPS) is 14.6. The van der Waals surface area contributed by atoms with Crippen LogP contribution in [0.15, 0.2) is 24.3 Å². The first-order chi connectivity index (χ1) is 13.3. The third kappa shape index (κ3) is 4.68. The lowest BCUT2D eigenvalue weighted by atomic mass is 10.1. The molecule has 0 spiro atoms. The summed E-state index contributed by atoms with van der Waals surface area (Å²) in [4.78, 5) is 17.6. The molecular formula is C18H15Cl2F2IN2O3. The molecule has 0 aliphatic heterocycles. The van der Waals surface area contributed by atoms with Crippen molar-refractivity contribution in [2.75, 3.05) is 18.5 Å². The van der Waals surface area contributed by atoms with Gasteiger partial charge in [0.2, 0.25) is 0 Å². The highest BCUT2D eigenvalue weighted by Gasteiger charge is 2.42. The number of hydrogen-bond donors (Lipinski definition) is 3. The van der Waals surface area contributed by atoms with E-state index in [-0.39, 0.29) is 34.9 Å². The van der Waals surface area contributed by atoms with E-state index in [2.05, 4.69) is 33.4 Å². The van der Waals surface area contributed by atoms with Gasteiger partial charge in [-0.3, -0.25) is 9.63 Å². The fraction of sp³-hybridized carbons (Fsp3) is 0.278. The molecule has 3 rings (SSSR count). The first-order valence-electron chi connectivity index (χ1n) is 8.19. The largest absolute Gasteiger partial charge is 0.396 e. The maximum Gasteiger partial charge on any atom is 0.277 e. The number of amides is 1. The molecule has 0 atom stereocenters. The van der Waals surface area contributed by atoms with E-state index in [4.69, 9.17) is 28.0 Å². The number of benzene rings is 2. The van der Waals surface area contributed by atoms with Crippen LogP contribution in [0.2, 0.25) is 10.0 Å². The van der Waals surface area contributed by atoms with Crippen molar-refractivity contribution in [3.63, 3.8) is 0 Å². The first kappa shape index (κ1) is 21.5. The van der Waals surface area contributed by atoms with Crippen LogP contribution in [0.5, 0.6) is 0 Å². The molecule has 1 saturated carbocycles. The van der Waals surface area contributed by atoms with Gasteiger partial charge in [-0.15, -0.1) is 0 Å². The van der Waals surface area contributed by atoms with E-state index in [9.17, 15) is 18.7 Å². The number of anilines is 2. The van der Waals surface area contributed by atoms with Crippen LogP contribution in [-0.2, 0) is 4.84 Å². The summed E-state index contributed by atoms with van der Waals surface area (Å²) in [6.45, 7) is 0.0519. The lowest BCUT2D eigenvalue weighted by Crippen LogP contribution is -2.29. The molecule has 0 unspecified atom stereocenters. The highest BCUT2D eigenvalue weighted by molar-refractivity contribution is 14.1. The molecule has 5 nitrogen and oxygen atoms in total. The molecule has 1 aliphatic rings. The Morgan fingerprint density at radius 1 is 1.21 bits per heavy atom. The van der Waals surface area contributed by atoms with Crippen molar-refractivity contribution in [1.29, 1.82) is 0 Å². The van der Waals surface area contributed by atoms with Gasteiger partial charge in [0.05, 0.1) is 40.2 Å². The molecule has 1 aliphatic carbocycles. The van der Waals surface area contributed by atoms with Gasteiger partial charge in [-0.05, 0) is 59.7 Å². The number of nitrogens with one attached hydrogen (secondary N) is 2. The van der Waals surface area contributed by atoms with E-state index < -0.39 is 28.3 Å². The second-order valence-corrected chi connectivity index (χ2v) is 8.60. The van der Waals surface area contributed by atoms with E-state index in [0.29, 0.717) is 0 Å². The molecule has 28 heavy (non-hydrogen) atoms. The molecule has 0 bridgehead atoms. The number of carbonyl (C=O) groups is 1. The van der Waals surface area contributed by atoms with E-state index in [1.165, 1.54) is 0 Å². The lowest BCUT2D eigenvalue weighted by Gasteiger charge is -2.16. The van der Waals surface area contributed by atoms with Crippen LogP contribution in [0.1, 0.15) is 23.2 Å². The maximum atomic E-state index is 14.5. The minimum absolute atomic E-state index is 0.0576. The Bertz CT molecular complexity index is 926. The SMILES string of the molecule is O=C(NOCC1(CO)CC1)c1cc(Cl)c(F)c(F)c1Nc1ccc(I)cc1Cl. The lowest BCUT2D eigenvalue weighted by molar-refractivity contribution is -0.0000399.